The zero-order chi connectivity index (χ0) is 25.5. The Bertz CT molecular complexity index is 1400. The lowest BCUT2D eigenvalue weighted by atomic mass is 10.1. The van der Waals surface area contributed by atoms with E-state index in [0.29, 0.717) is 68.8 Å². The smallest absolute Gasteiger partial charge is 0.332 e. The number of benzene rings is 2. The van der Waals surface area contributed by atoms with Crippen molar-refractivity contribution in [1.82, 2.24) is 24.0 Å². The van der Waals surface area contributed by atoms with Gasteiger partial charge in [-0.15, -0.1) is 0 Å². The van der Waals surface area contributed by atoms with Crippen LogP contribution in [0.2, 0.25) is 0 Å². The molecule has 0 radical (unpaired) electrons. The van der Waals surface area contributed by atoms with Gasteiger partial charge in [-0.3, -0.25) is 13.9 Å². The zero-order valence-corrected chi connectivity index (χ0v) is 20.7. The van der Waals surface area contributed by atoms with Gasteiger partial charge in [-0.25, -0.2) is 9.78 Å². The average molecular weight is 491 g/mol. The lowest BCUT2D eigenvalue weighted by molar-refractivity contribution is 0.291. The summed E-state index contributed by atoms with van der Waals surface area (Å²) in [7, 11) is 0. The van der Waals surface area contributed by atoms with Crippen LogP contribution in [-0.4, -0.2) is 43.5 Å². The van der Waals surface area contributed by atoms with Crippen LogP contribution in [0.25, 0.3) is 11.2 Å². The molecule has 0 aliphatic heterocycles. The maximum Gasteiger partial charge on any atom is 0.332 e. The highest BCUT2D eigenvalue weighted by Crippen LogP contribution is 2.17. The predicted octanol–water partition coefficient (Wildman–Crippen LogP) is 1.77. The molecule has 0 unspecified atom stereocenters. The van der Waals surface area contributed by atoms with Gasteiger partial charge in [-0.1, -0.05) is 49.4 Å². The van der Waals surface area contributed by atoms with Crippen LogP contribution in [0.3, 0.4) is 0 Å². The highest BCUT2D eigenvalue weighted by Gasteiger charge is 2.21. The quantitative estimate of drug-likeness (QED) is 0.206. The van der Waals surface area contributed by atoms with Crippen molar-refractivity contribution in [2.24, 2.45) is 0 Å². The zero-order valence-electron chi connectivity index (χ0n) is 20.7. The minimum absolute atomic E-state index is 0.0372. The number of nitrogens with zero attached hydrogens (tertiary/aromatic N) is 4. The monoisotopic (exact) mass is 490 g/mol. The normalized spacial score (nSPS) is 11.4. The van der Waals surface area contributed by atoms with Crippen LogP contribution >= 0.6 is 0 Å². The third kappa shape index (κ3) is 5.58. The molecule has 0 saturated heterocycles. The molecular weight excluding hydrogens is 456 g/mol. The molecule has 4 aromatic rings. The number of anilines is 1. The highest BCUT2D eigenvalue weighted by molar-refractivity contribution is 5.71. The van der Waals surface area contributed by atoms with Gasteiger partial charge < -0.3 is 20.7 Å². The van der Waals surface area contributed by atoms with Crippen molar-refractivity contribution in [2.75, 3.05) is 25.4 Å². The Morgan fingerprint density at radius 3 is 2.33 bits per heavy atom. The predicted molar refractivity (Wildman–Crippen MR) is 142 cm³/mol. The molecule has 0 aliphatic carbocycles. The Labute approximate surface area is 209 Å². The molecule has 2 heterocycles. The van der Waals surface area contributed by atoms with E-state index >= 15 is 0 Å². The van der Waals surface area contributed by atoms with E-state index in [-0.39, 0.29) is 17.9 Å². The van der Waals surface area contributed by atoms with E-state index in [9.17, 15) is 9.59 Å². The van der Waals surface area contributed by atoms with Crippen LogP contribution in [0.15, 0.2) is 64.2 Å². The second-order valence-electron chi connectivity index (χ2n) is 8.87. The van der Waals surface area contributed by atoms with Crippen molar-refractivity contribution in [2.45, 2.75) is 45.8 Å². The van der Waals surface area contributed by atoms with E-state index in [1.165, 1.54) is 4.57 Å². The molecule has 9 heteroatoms. The number of nitrogens with one attached hydrogen (secondary N) is 1. The Morgan fingerprint density at radius 2 is 1.64 bits per heavy atom. The molecule has 0 atom stereocenters. The first-order valence-corrected chi connectivity index (χ1v) is 12.5. The van der Waals surface area contributed by atoms with Gasteiger partial charge in [0.1, 0.15) is 5.82 Å². The maximum atomic E-state index is 13.6. The van der Waals surface area contributed by atoms with Crippen molar-refractivity contribution < 1.29 is 5.11 Å². The molecule has 9 nitrogen and oxygen atoms in total. The molecule has 4 N–H and O–H groups in total. The molecular formula is C27H34N6O3. The van der Waals surface area contributed by atoms with Crippen molar-refractivity contribution >= 4 is 16.9 Å². The molecule has 2 aromatic carbocycles. The van der Waals surface area contributed by atoms with Crippen molar-refractivity contribution in [3.63, 3.8) is 0 Å². The third-order valence-corrected chi connectivity index (χ3v) is 6.25. The molecule has 36 heavy (non-hydrogen) atoms. The molecule has 0 amide bonds. The summed E-state index contributed by atoms with van der Waals surface area (Å²) in [4.78, 5) is 31.9. The van der Waals surface area contributed by atoms with Gasteiger partial charge in [0.2, 0.25) is 0 Å². The first-order valence-electron chi connectivity index (χ1n) is 12.5. The standard InChI is InChI=1S/C27H34N6O3/c1-2-15-33-26(35)24-25(32(27(33)36)16-12-20-8-10-22(28)11-9-20)30-23(19-21-6-4-3-5-7-21)31(24)17-13-29-14-18-34/h3-11,29,34H,2,12-19,28H2,1H3. The molecule has 0 aliphatic rings. The molecule has 0 bridgehead atoms. The topological polar surface area (TPSA) is 120 Å². The van der Waals surface area contributed by atoms with Crippen LogP contribution in [0.4, 0.5) is 5.69 Å². The molecule has 4 rings (SSSR count). The number of fused-ring (bicyclic) bond motifs is 1. The number of rotatable bonds is 12. The summed E-state index contributed by atoms with van der Waals surface area (Å²) in [6.45, 7) is 4.25. The Hall–Kier alpha value is -3.69. The highest BCUT2D eigenvalue weighted by atomic mass is 16.3. The Kier molecular flexibility index (Phi) is 8.35. The molecule has 190 valence electrons. The van der Waals surface area contributed by atoms with E-state index in [2.05, 4.69) is 5.32 Å². The van der Waals surface area contributed by atoms with Crippen molar-refractivity contribution in [1.29, 1.82) is 0 Å². The fourth-order valence-corrected chi connectivity index (χ4v) is 4.43. The second kappa shape index (κ2) is 11.8. The van der Waals surface area contributed by atoms with Crippen LogP contribution in [0.5, 0.6) is 0 Å². The fourth-order valence-electron chi connectivity index (χ4n) is 4.43. The van der Waals surface area contributed by atoms with E-state index in [4.69, 9.17) is 15.8 Å². The van der Waals surface area contributed by atoms with Gasteiger partial charge in [0.15, 0.2) is 11.2 Å². The van der Waals surface area contributed by atoms with Crippen LogP contribution < -0.4 is 22.3 Å². The first-order chi connectivity index (χ1) is 17.5. The summed E-state index contributed by atoms with van der Waals surface area (Å²) in [6.07, 6.45) is 1.81. The number of aliphatic hydroxyl groups is 1. The van der Waals surface area contributed by atoms with Crippen LogP contribution in [-0.2, 0) is 32.5 Å². The minimum Gasteiger partial charge on any atom is -0.399 e. The summed E-state index contributed by atoms with van der Waals surface area (Å²) in [5.74, 6) is 0.731. The number of aromatic nitrogens is 4. The Morgan fingerprint density at radius 1 is 0.889 bits per heavy atom. The first kappa shape index (κ1) is 25.4. The summed E-state index contributed by atoms with van der Waals surface area (Å²) in [5.41, 5.74) is 8.84. The Balaban J connectivity index is 1.84. The van der Waals surface area contributed by atoms with Crippen molar-refractivity contribution in [3.8, 4) is 0 Å². The number of imidazole rings is 1. The largest absolute Gasteiger partial charge is 0.399 e. The van der Waals surface area contributed by atoms with E-state index in [0.717, 1.165) is 17.0 Å². The van der Waals surface area contributed by atoms with Gasteiger partial charge in [0, 0.05) is 44.8 Å². The minimum atomic E-state index is -0.334. The van der Waals surface area contributed by atoms with Gasteiger partial charge >= 0.3 is 5.69 Å². The number of nitrogens with two attached hydrogens (primary N) is 1. The van der Waals surface area contributed by atoms with Crippen LogP contribution in [0.1, 0.15) is 30.3 Å². The van der Waals surface area contributed by atoms with Gasteiger partial charge in [0.05, 0.1) is 6.61 Å². The molecule has 2 aromatic heterocycles. The number of aliphatic hydroxyl groups excluding tert-OH is 1. The lowest BCUT2D eigenvalue weighted by Crippen LogP contribution is -2.41. The van der Waals surface area contributed by atoms with Crippen molar-refractivity contribution in [3.05, 3.63) is 92.4 Å². The SMILES string of the molecule is CCCn1c(=O)c2c(nc(Cc3ccccc3)n2CCNCCO)n(CCc2ccc(N)cc2)c1=O. The van der Waals surface area contributed by atoms with Gasteiger partial charge in [-0.2, -0.15) is 0 Å². The van der Waals surface area contributed by atoms with E-state index in [1.807, 2.05) is 66.1 Å². The average Bonchev–Trinajstić information content (AvgIpc) is 3.23. The molecule has 0 saturated carbocycles. The van der Waals surface area contributed by atoms with E-state index < -0.39 is 0 Å². The van der Waals surface area contributed by atoms with E-state index in [1.54, 1.807) is 4.57 Å². The van der Waals surface area contributed by atoms with Gasteiger partial charge in [-0.05, 0) is 36.1 Å². The second-order valence-corrected chi connectivity index (χ2v) is 8.87. The lowest BCUT2D eigenvalue weighted by Gasteiger charge is -2.13. The fraction of sp³-hybridized carbons (Fsp3) is 0.370. The van der Waals surface area contributed by atoms with Crippen LogP contribution in [0, 0.1) is 0 Å². The summed E-state index contributed by atoms with van der Waals surface area (Å²) < 4.78 is 4.90. The molecule has 0 fully saturated rings. The number of hydrogen-bond acceptors (Lipinski definition) is 6. The van der Waals surface area contributed by atoms with Gasteiger partial charge in [0.25, 0.3) is 5.56 Å². The number of nitrogen functional groups attached to an aromatic ring is 1. The number of hydrogen-bond donors (Lipinski definition) is 3. The molecule has 0 spiro atoms. The third-order valence-electron chi connectivity index (χ3n) is 6.25. The summed E-state index contributed by atoms with van der Waals surface area (Å²) in [6, 6.07) is 17.6. The maximum absolute atomic E-state index is 13.6. The number of aryl methyl sites for hydroxylation is 2. The summed E-state index contributed by atoms with van der Waals surface area (Å²) in [5, 5.41) is 12.3. The summed E-state index contributed by atoms with van der Waals surface area (Å²) >= 11 is 0.